The van der Waals surface area contributed by atoms with E-state index in [1.165, 1.54) is 22.9 Å². The number of nitrogens with one attached hydrogen (secondary N) is 2. The zero-order valence-electron chi connectivity index (χ0n) is 19.3. The third kappa shape index (κ3) is 6.48. The molecule has 0 aliphatic rings. The van der Waals surface area contributed by atoms with Crippen molar-refractivity contribution >= 4 is 17.7 Å². The van der Waals surface area contributed by atoms with Crippen LogP contribution >= 0.6 is 11.8 Å². The maximum Gasteiger partial charge on any atom is 0.221 e. The minimum atomic E-state index is -0.100. The van der Waals surface area contributed by atoms with Crippen LogP contribution in [0, 0.1) is 6.92 Å². The molecule has 0 aliphatic heterocycles. The van der Waals surface area contributed by atoms with Gasteiger partial charge in [0.2, 0.25) is 11.1 Å². The Morgan fingerprint density at radius 1 is 1.03 bits per heavy atom. The molecule has 0 saturated heterocycles. The molecule has 4 aromatic rings. The molecule has 0 fully saturated rings. The lowest BCUT2D eigenvalue weighted by Crippen LogP contribution is -2.26. The number of rotatable bonds is 10. The number of methoxy groups -OCH3 is 1. The summed E-state index contributed by atoms with van der Waals surface area (Å²) < 4.78 is 5.22. The van der Waals surface area contributed by atoms with E-state index >= 15 is 0 Å². The maximum atomic E-state index is 12.8. The number of benzene rings is 3. The first-order valence-electron chi connectivity index (χ1n) is 11.2. The molecular weight excluding hydrogens is 444 g/mol. The molecule has 0 aliphatic carbocycles. The smallest absolute Gasteiger partial charge is 0.221 e. The summed E-state index contributed by atoms with van der Waals surface area (Å²) in [4.78, 5) is 17.4. The molecule has 4 rings (SSSR count). The second-order valence-electron chi connectivity index (χ2n) is 8.00. The van der Waals surface area contributed by atoms with Crippen LogP contribution in [0.15, 0.2) is 84.0 Å². The lowest BCUT2D eigenvalue weighted by atomic mass is 10.1. The first kappa shape index (κ1) is 23.6. The van der Waals surface area contributed by atoms with Gasteiger partial charge in [0.25, 0.3) is 0 Å². The summed E-state index contributed by atoms with van der Waals surface area (Å²) in [5.74, 6) is 1.48. The molecule has 0 radical (unpaired) electrons. The van der Waals surface area contributed by atoms with Gasteiger partial charge in [-0.1, -0.05) is 71.9 Å². The number of nitrogens with zero attached hydrogens (tertiary/aromatic N) is 2. The van der Waals surface area contributed by atoms with Gasteiger partial charge in [0.15, 0.2) is 5.82 Å². The van der Waals surface area contributed by atoms with Crippen molar-refractivity contribution in [3.05, 3.63) is 95.6 Å². The summed E-state index contributed by atoms with van der Waals surface area (Å²) in [6.45, 7) is 2.66. The predicted molar refractivity (Wildman–Crippen MR) is 136 cm³/mol. The fraction of sp³-hybridized carbons (Fsp3) is 0.222. The van der Waals surface area contributed by atoms with E-state index in [2.05, 4.69) is 63.8 Å². The number of carbonyl (C=O) groups is 1. The monoisotopic (exact) mass is 472 g/mol. The maximum absolute atomic E-state index is 12.8. The van der Waals surface area contributed by atoms with Gasteiger partial charge in [-0.3, -0.25) is 9.89 Å². The van der Waals surface area contributed by atoms with Crippen LogP contribution in [0.3, 0.4) is 0 Å². The predicted octanol–water partition coefficient (Wildman–Crippen LogP) is 5.37. The number of amides is 1. The van der Waals surface area contributed by atoms with Gasteiger partial charge in [0.1, 0.15) is 5.75 Å². The highest BCUT2D eigenvalue weighted by atomic mass is 32.2. The molecule has 2 N–H and O–H groups in total. The number of hydrogen-bond acceptors (Lipinski definition) is 5. The van der Waals surface area contributed by atoms with E-state index in [4.69, 9.17) is 4.74 Å². The molecule has 1 aromatic heterocycles. The molecule has 1 atom stereocenters. The number of carbonyl (C=O) groups excluding carboxylic acids is 1. The number of aromatic nitrogens is 3. The Balaban J connectivity index is 1.43. The molecule has 7 heteroatoms. The summed E-state index contributed by atoms with van der Waals surface area (Å²) in [6, 6.07) is 26.1. The van der Waals surface area contributed by atoms with Gasteiger partial charge in [0.05, 0.1) is 7.11 Å². The van der Waals surface area contributed by atoms with Gasteiger partial charge in [-0.25, -0.2) is 4.98 Å². The highest BCUT2D eigenvalue weighted by molar-refractivity contribution is 7.99. The average Bonchev–Trinajstić information content (AvgIpc) is 3.33. The van der Waals surface area contributed by atoms with E-state index < -0.39 is 0 Å². The van der Waals surface area contributed by atoms with Crippen LogP contribution < -0.4 is 10.1 Å². The minimum Gasteiger partial charge on any atom is -0.497 e. The summed E-state index contributed by atoms with van der Waals surface area (Å²) >= 11 is 1.49. The molecular formula is C27H28N4O2S. The molecule has 3 aromatic carbocycles. The number of thioether (sulfide) groups is 1. The Bertz CT molecular complexity index is 1190. The molecule has 0 spiro atoms. The first-order valence-corrected chi connectivity index (χ1v) is 12.1. The van der Waals surface area contributed by atoms with Gasteiger partial charge < -0.3 is 10.1 Å². The normalized spacial score (nSPS) is 11.7. The lowest BCUT2D eigenvalue weighted by molar-refractivity contribution is -0.121. The number of ether oxygens (including phenoxy) is 1. The van der Waals surface area contributed by atoms with Crippen LogP contribution in [-0.4, -0.2) is 34.7 Å². The van der Waals surface area contributed by atoms with Gasteiger partial charge in [-0.15, -0.1) is 5.10 Å². The van der Waals surface area contributed by atoms with E-state index in [1.54, 1.807) is 7.11 Å². The third-order valence-electron chi connectivity index (χ3n) is 5.47. The van der Waals surface area contributed by atoms with Gasteiger partial charge in [0, 0.05) is 23.8 Å². The van der Waals surface area contributed by atoms with Gasteiger partial charge in [-0.2, -0.15) is 0 Å². The fourth-order valence-electron chi connectivity index (χ4n) is 3.54. The zero-order chi connectivity index (χ0) is 23.8. The molecule has 1 heterocycles. The summed E-state index contributed by atoms with van der Waals surface area (Å²) in [6.07, 6.45) is 1.15. The second kappa shape index (κ2) is 11.5. The molecule has 174 valence electrons. The Kier molecular flexibility index (Phi) is 7.99. The van der Waals surface area contributed by atoms with Crippen molar-refractivity contribution in [2.45, 2.75) is 30.2 Å². The van der Waals surface area contributed by atoms with Crippen LogP contribution in [0.4, 0.5) is 0 Å². The molecule has 6 nitrogen and oxygen atoms in total. The topological polar surface area (TPSA) is 79.9 Å². The largest absolute Gasteiger partial charge is 0.497 e. The zero-order valence-corrected chi connectivity index (χ0v) is 20.1. The second-order valence-corrected chi connectivity index (χ2v) is 9.17. The Morgan fingerprint density at radius 3 is 2.47 bits per heavy atom. The van der Waals surface area contributed by atoms with E-state index in [9.17, 15) is 4.79 Å². The number of aromatic amines is 1. The van der Waals surface area contributed by atoms with Crippen LogP contribution in [0.5, 0.6) is 5.75 Å². The number of aryl methyl sites for hydroxylation is 1. The van der Waals surface area contributed by atoms with Crippen LogP contribution in [0.1, 0.15) is 28.4 Å². The fourth-order valence-corrected chi connectivity index (χ4v) is 4.57. The van der Waals surface area contributed by atoms with Crippen LogP contribution in [0.2, 0.25) is 0 Å². The SMILES string of the molecule is COc1ccc(-c2nc(S[C@@H](CC(=O)NCCc3ccccc3)c3ccc(C)cc3)n[nH]2)cc1. The van der Waals surface area contributed by atoms with E-state index in [0.717, 1.165) is 23.3 Å². The first-order chi connectivity index (χ1) is 16.6. The Labute approximate surface area is 204 Å². The van der Waals surface area contributed by atoms with Crippen molar-refractivity contribution in [1.82, 2.24) is 20.5 Å². The van der Waals surface area contributed by atoms with E-state index in [-0.39, 0.29) is 11.2 Å². The lowest BCUT2D eigenvalue weighted by Gasteiger charge is -2.15. The number of H-pyrrole nitrogens is 1. The highest BCUT2D eigenvalue weighted by Gasteiger charge is 2.20. The van der Waals surface area contributed by atoms with Crippen LogP contribution in [0.25, 0.3) is 11.4 Å². The standard InChI is InChI=1S/C27H28N4O2S/c1-19-8-10-21(11-9-19)24(18-25(32)28-17-16-20-6-4-3-5-7-20)34-27-29-26(30-31-27)22-12-14-23(33-2)15-13-22/h3-15,24H,16-18H2,1-2H3,(H,28,32)(H,29,30,31)/t24-/m0/s1. The number of hydrogen-bond donors (Lipinski definition) is 2. The highest BCUT2D eigenvalue weighted by Crippen LogP contribution is 2.37. The van der Waals surface area contributed by atoms with Crippen molar-refractivity contribution in [3.63, 3.8) is 0 Å². The van der Waals surface area contributed by atoms with E-state index in [1.807, 2.05) is 42.5 Å². The Hall–Kier alpha value is -3.58. The molecule has 1 amide bonds. The minimum absolute atomic E-state index is 0.0138. The van der Waals surface area contributed by atoms with Crippen molar-refractivity contribution in [2.75, 3.05) is 13.7 Å². The molecule has 0 bridgehead atoms. The van der Waals surface area contributed by atoms with E-state index in [0.29, 0.717) is 23.9 Å². The third-order valence-corrected chi connectivity index (χ3v) is 6.59. The Morgan fingerprint density at radius 2 is 1.76 bits per heavy atom. The molecule has 0 unspecified atom stereocenters. The van der Waals surface area contributed by atoms with Crippen LogP contribution in [-0.2, 0) is 11.2 Å². The van der Waals surface area contributed by atoms with Crippen molar-refractivity contribution in [3.8, 4) is 17.1 Å². The van der Waals surface area contributed by atoms with Gasteiger partial charge in [-0.05, 0) is 48.7 Å². The summed E-state index contributed by atoms with van der Waals surface area (Å²) in [7, 11) is 1.64. The summed E-state index contributed by atoms with van der Waals surface area (Å²) in [5.41, 5.74) is 4.38. The summed E-state index contributed by atoms with van der Waals surface area (Å²) in [5, 5.41) is 11.0. The molecule has 0 saturated carbocycles. The van der Waals surface area contributed by atoms with Gasteiger partial charge >= 0.3 is 0 Å². The molecule has 34 heavy (non-hydrogen) atoms. The van der Waals surface area contributed by atoms with Crippen molar-refractivity contribution in [2.24, 2.45) is 0 Å². The van der Waals surface area contributed by atoms with Crippen molar-refractivity contribution < 1.29 is 9.53 Å². The van der Waals surface area contributed by atoms with Crippen molar-refractivity contribution in [1.29, 1.82) is 0 Å². The average molecular weight is 473 g/mol. The quantitative estimate of drug-likeness (QED) is 0.303.